The molecule has 1 aliphatic rings. The second-order valence-electron chi connectivity index (χ2n) is 5.86. The van der Waals surface area contributed by atoms with E-state index in [1.165, 1.54) is 24.5 Å². The van der Waals surface area contributed by atoms with Gasteiger partial charge in [0, 0.05) is 23.5 Å². The van der Waals surface area contributed by atoms with E-state index in [2.05, 4.69) is 15.3 Å². The first-order chi connectivity index (χ1) is 14.3. The zero-order valence-electron chi connectivity index (χ0n) is 14.6. The largest absolute Gasteiger partial charge is 0.320 e. The molecule has 4 rings (SSSR count). The number of nitrogens with one attached hydrogen (secondary N) is 1. The quantitative estimate of drug-likeness (QED) is 0.549. The van der Waals surface area contributed by atoms with Crippen LogP contribution in [0, 0.1) is 11.3 Å². The van der Waals surface area contributed by atoms with Crippen LogP contribution in [0.5, 0.6) is 0 Å². The summed E-state index contributed by atoms with van der Waals surface area (Å²) in [5.74, 6) is -0.571. The van der Waals surface area contributed by atoms with Crippen LogP contribution in [0.25, 0.3) is 6.08 Å². The van der Waals surface area contributed by atoms with Gasteiger partial charge in [-0.15, -0.1) is 11.3 Å². The molecule has 12 heteroatoms. The first kappa shape index (κ1) is 20.8. The molecule has 0 saturated carbocycles. The Hall–Kier alpha value is -2.42. The number of sulfone groups is 1. The number of aromatic nitrogens is 2. The molecule has 30 heavy (non-hydrogen) atoms. The fourth-order valence-corrected chi connectivity index (χ4v) is 6.35. The lowest BCUT2D eigenvalue weighted by Gasteiger charge is -2.05. The Labute approximate surface area is 189 Å². The number of amides is 1. The Morgan fingerprint density at radius 3 is 2.67 bits per heavy atom. The van der Waals surface area contributed by atoms with Gasteiger partial charge in [0.1, 0.15) is 10.3 Å². The van der Waals surface area contributed by atoms with E-state index < -0.39 is 15.7 Å². The molecule has 3 aromatic rings. The highest BCUT2D eigenvalue weighted by Crippen LogP contribution is 2.41. The number of hydrogen-bond acceptors (Lipinski definition) is 8. The molecule has 1 N–H and O–H groups in total. The number of pyridine rings is 1. The van der Waals surface area contributed by atoms with Gasteiger partial charge >= 0.3 is 0 Å². The molecule has 0 unspecified atom stereocenters. The molecule has 150 valence electrons. The topological polar surface area (TPSA) is 113 Å². The van der Waals surface area contributed by atoms with Gasteiger partial charge in [0.05, 0.1) is 19.8 Å². The van der Waals surface area contributed by atoms with Crippen molar-refractivity contribution in [3.8, 4) is 6.07 Å². The number of halogens is 2. The van der Waals surface area contributed by atoms with Gasteiger partial charge in [0.15, 0.2) is 10.7 Å². The average Bonchev–Trinajstić information content (AvgIpc) is 3.25. The fraction of sp³-hybridized carbons (Fsp3) is 0. The Morgan fingerprint density at radius 1 is 1.23 bits per heavy atom. The molecular weight excluding hydrogens is 487 g/mol. The lowest BCUT2D eigenvalue weighted by molar-refractivity contribution is 0.102. The second-order valence-corrected chi connectivity index (χ2v) is 10.8. The summed E-state index contributed by atoms with van der Waals surface area (Å²) in [6.45, 7) is 0. The summed E-state index contributed by atoms with van der Waals surface area (Å²) in [7, 11) is -3.50. The maximum Gasteiger partial charge on any atom is 0.284 e. The first-order valence-corrected chi connectivity index (χ1v) is 12.0. The maximum atomic E-state index is 12.6. The van der Waals surface area contributed by atoms with Gasteiger partial charge in [-0.05, 0) is 23.8 Å². The van der Waals surface area contributed by atoms with Crippen molar-refractivity contribution >= 4 is 73.8 Å². The van der Waals surface area contributed by atoms with E-state index >= 15 is 0 Å². The normalized spacial score (nSPS) is 13.6. The summed E-state index contributed by atoms with van der Waals surface area (Å²) in [5.41, 5.74) is 0.910. The molecule has 2 aromatic heterocycles. The molecule has 0 aliphatic carbocycles. The molecule has 0 saturated heterocycles. The Bertz CT molecular complexity index is 1360. The van der Waals surface area contributed by atoms with Gasteiger partial charge < -0.3 is 5.32 Å². The maximum absolute atomic E-state index is 12.6. The van der Waals surface area contributed by atoms with Gasteiger partial charge in [0.2, 0.25) is 9.84 Å². The van der Waals surface area contributed by atoms with Crippen molar-refractivity contribution < 1.29 is 13.2 Å². The van der Waals surface area contributed by atoms with Crippen LogP contribution in [0.1, 0.15) is 21.1 Å². The minimum atomic E-state index is -3.50. The summed E-state index contributed by atoms with van der Waals surface area (Å²) in [4.78, 5) is 21.2. The third-order valence-corrected chi connectivity index (χ3v) is 8.53. The van der Waals surface area contributed by atoms with Gasteiger partial charge in [-0.25, -0.2) is 13.4 Å². The van der Waals surface area contributed by atoms with E-state index in [0.29, 0.717) is 30.4 Å². The van der Waals surface area contributed by atoms with Gasteiger partial charge in [-0.3, -0.25) is 9.78 Å². The van der Waals surface area contributed by atoms with Crippen molar-refractivity contribution in [1.82, 2.24) is 9.97 Å². The molecule has 7 nitrogen and oxygen atoms in total. The fourth-order valence-electron chi connectivity index (χ4n) is 2.55. The third kappa shape index (κ3) is 3.95. The van der Waals surface area contributed by atoms with E-state index in [4.69, 9.17) is 23.2 Å². The molecule has 0 spiro atoms. The van der Waals surface area contributed by atoms with Gasteiger partial charge in [-0.1, -0.05) is 41.0 Å². The van der Waals surface area contributed by atoms with Crippen molar-refractivity contribution in [2.24, 2.45) is 0 Å². The monoisotopic (exact) mass is 494 g/mol. The highest BCUT2D eigenvalue weighted by molar-refractivity contribution is 8.01. The molecule has 0 bridgehead atoms. The molecular formula is C18H8Cl2N4O3S3. The molecule has 1 aliphatic heterocycles. The predicted molar refractivity (Wildman–Crippen MR) is 116 cm³/mol. The summed E-state index contributed by atoms with van der Waals surface area (Å²) in [5, 5.41) is 13.8. The van der Waals surface area contributed by atoms with E-state index in [-0.39, 0.29) is 15.6 Å². The van der Waals surface area contributed by atoms with Gasteiger partial charge in [-0.2, -0.15) is 5.26 Å². The summed E-state index contributed by atoms with van der Waals surface area (Å²) < 4.78 is 24.4. The molecule has 0 radical (unpaired) electrons. The van der Waals surface area contributed by atoms with E-state index in [9.17, 15) is 18.5 Å². The van der Waals surface area contributed by atoms with Crippen molar-refractivity contribution in [2.45, 2.75) is 14.0 Å². The van der Waals surface area contributed by atoms with Crippen LogP contribution in [-0.4, -0.2) is 24.3 Å². The van der Waals surface area contributed by atoms with Crippen LogP contribution in [0.3, 0.4) is 0 Å². The van der Waals surface area contributed by atoms with E-state index in [0.717, 1.165) is 28.5 Å². The molecule has 1 aromatic carbocycles. The number of thiazole rings is 1. The van der Waals surface area contributed by atoms with Crippen molar-refractivity contribution in [1.29, 1.82) is 5.26 Å². The van der Waals surface area contributed by atoms with Crippen LogP contribution in [-0.2, 0) is 9.84 Å². The van der Waals surface area contributed by atoms with Crippen LogP contribution in [0.4, 0.5) is 5.69 Å². The number of hydrogen-bond donors (Lipinski definition) is 1. The second kappa shape index (κ2) is 8.02. The number of fused-ring (bicyclic) bond motifs is 1. The minimum absolute atomic E-state index is 0.0387. The molecule has 0 fully saturated rings. The average molecular weight is 495 g/mol. The van der Waals surface area contributed by atoms with Crippen molar-refractivity contribution in [2.75, 3.05) is 5.32 Å². The van der Waals surface area contributed by atoms with Crippen LogP contribution >= 0.6 is 46.3 Å². The number of anilines is 1. The lowest BCUT2D eigenvalue weighted by Crippen LogP contribution is -2.12. The van der Waals surface area contributed by atoms with Crippen LogP contribution in [0.2, 0.25) is 10.0 Å². The van der Waals surface area contributed by atoms with Gasteiger partial charge in [0.25, 0.3) is 5.91 Å². The van der Waals surface area contributed by atoms with Crippen LogP contribution in [0.15, 0.2) is 50.0 Å². The Morgan fingerprint density at radius 2 is 1.97 bits per heavy atom. The number of carbonyl (C=O) groups is 1. The lowest BCUT2D eigenvalue weighted by atomic mass is 10.2. The predicted octanol–water partition coefficient (Wildman–Crippen LogP) is 4.88. The number of rotatable bonds is 4. The van der Waals surface area contributed by atoms with Crippen LogP contribution < -0.4 is 5.32 Å². The standard InChI is InChI=1S/C18H8Cl2N4O3S3/c19-11-7-22-8-12(20)15(11)28-18-13(6-21)24-17(29-18)16(25)23-10-2-1-9-3-4-30(26,27)14(9)5-10/h1-5,7-8H,(H,23,25). The summed E-state index contributed by atoms with van der Waals surface area (Å²) in [6.07, 6.45) is 4.34. The zero-order valence-corrected chi connectivity index (χ0v) is 18.5. The number of benzene rings is 1. The molecule has 1 amide bonds. The molecule has 0 atom stereocenters. The summed E-state index contributed by atoms with van der Waals surface area (Å²) >= 11 is 14.4. The third-order valence-electron chi connectivity index (χ3n) is 3.91. The van der Waals surface area contributed by atoms with Crippen molar-refractivity contribution in [3.05, 3.63) is 62.3 Å². The Balaban J connectivity index is 1.60. The van der Waals surface area contributed by atoms with Crippen molar-refractivity contribution in [3.63, 3.8) is 0 Å². The first-order valence-electron chi connectivity index (χ1n) is 8.05. The van der Waals surface area contributed by atoms with E-state index in [1.54, 1.807) is 12.1 Å². The molecule has 3 heterocycles. The Kier molecular flexibility index (Phi) is 5.57. The zero-order chi connectivity index (χ0) is 21.5. The smallest absolute Gasteiger partial charge is 0.284 e. The highest BCUT2D eigenvalue weighted by Gasteiger charge is 2.23. The summed E-state index contributed by atoms with van der Waals surface area (Å²) in [6, 6.07) is 6.52. The minimum Gasteiger partial charge on any atom is -0.320 e. The number of nitriles is 1. The number of carbonyl (C=O) groups excluding carboxylic acids is 1. The SMILES string of the molecule is N#Cc1nc(C(=O)Nc2ccc3c(c2)S(=O)(=O)C=C3)sc1Sc1c(Cl)cncc1Cl. The highest BCUT2D eigenvalue weighted by atomic mass is 35.5. The van der Waals surface area contributed by atoms with E-state index in [1.807, 2.05) is 6.07 Å². The number of nitrogens with zero attached hydrogens (tertiary/aromatic N) is 3.